The SMILES string of the molecule is OCN1C=NC(N2CCN(c3ccc(F)cc3)CC2)=NC1. The maximum atomic E-state index is 12.9. The normalized spacial score (nSPS) is 19.0. The molecular weight excluding hydrogens is 273 g/mol. The van der Waals surface area contributed by atoms with Gasteiger partial charge in [-0.2, -0.15) is 0 Å². The highest BCUT2D eigenvalue weighted by atomic mass is 19.1. The van der Waals surface area contributed by atoms with Crippen LogP contribution in [0.25, 0.3) is 0 Å². The third-order valence-electron chi connectivity index (χ3n) is 3.67. The molecule has 0 aliphatic carbocycles. The van der Waals surface area contributed by atoms with Crippen molar-refractivity contribution < 1.29 is 9.50 Å². The van der Waals surface area contributed by atoms with Crippen molar-refractivity contribution in [3.63, 3.8) is 0 Å². The number of hydrogen-bond donors (Lipinski definition) is 1. The van der Waals surface area contributed by atoms with E-state index in [2.05, 4.69) is 19.8 Å². The topological polar surface area (TPSA) is 54.7 Å². The van der Waals surface area contributed by atoms with Gasteiger partial charge in [0.05, 0.1) is 6.34 Å². The van der Waals surface area contributed by atoms with Crippen LogP contribution >= 0.6 is 0 Å². The van der Waals surface area contributed by atoms with Crippen molar-refractivity contribution in [2.75, 3.05) is 44.5 Å². The van der Waals surface area contributed by atoms with Crippen LogP contribution in [-0.2, 0) is 0 Å². The molecular formula is C14H18FN5O. The molecule has 1 aromatic rings. The van der Waals surface area contributed by atoms with Gasteiger partial charge >= 0.3 is 0 Å². The summed E-state index contributed by atoms with van der Waals surface area (Å²) < 4.78 is 12.9. The van der Waals surface area contributed by atoms with Crippen LogP contribution in [0.2, 0.25) is 0 Å². The molecule has 21 heavy (non-hydrogen) atoms. The highest BCUT2D eigenvalue weighted by Crippen LogP contribution is 2.17. The van der Waals surface area contributed by atoms with Gasteiger partial charge in [-0.3, -0.25) is 0 Å². The van der Waals surface area contributed by atoms with Crippen LogP contribution in [0.15, 0.2) is 34.3 Å². The first-order chi connectivity index (χ1) is 10.3. The summed E-state index contributed by atoms with van der Waals surface area (Å²) in [6.07, 6.45) is 1.62. The van der Waals surface area contributed by atoms with Crippen molar-refractivity contribution in [2.24, 2.45) is 9.98 Å². The number of rotatable bonds is 2. The Kier molecular flexibility index (Phi) is 4.01. The number of hydrogen-bond acceptors (Lipinski definition) is 6. The number of aliphatic hydroxyl groups excluding tert-OH is 1. The van der Waals surface area contributed by atoms with Gasteiger partial charge in [0.25, 0.3) is 0 Å². The lowest BCUT2D eigenvalue weighted by Gasteiger charge is -2.37. The largest absolute Gasteiger partial charge is 0.376 e. The highest BCUT2D eigenvalue weighted by molar-refractivity contribution is 5.88. The first kappa shape index (κ1) is 13.8. The molecule has 6 nitrogen and oxygen atoms in total. The van der Waals surface area contributed by atoms with Gasteiger partial charge in [0.2, 0.25) is 5.96 Å². The molecule has 1 aromatic carbocycles. The van der Waals surface area contributed by atoms with E-state index in [0.717, 1.165) is 37.8 Å². The Morgan fingerprint density at radius 3 is 2.29 bits per heavy atom. The molecule has 0 bridgehead atoms. The molecule has 1 saturated heterocycles. The standard InChI is InChI=1S/C14H18FN5O/c15-12-1-3-13(4-2-12)19-5-7-20(8-6-19)14-16-9-18(11-21)10-17-14/h1-4,9,21H,5-8,10-11H2. The lowest BCUT2D eigenvalue weighted by Crippen LogP contribution is -2.49. The van der Waals surface area contributed by atoms with E-state index >= 15 is 0 Å². The lowest BCUT2D eigenvalue weighted by atomic mass is 10.2. The van der Waals surface area contributed by atoms with Crippen LogP contribution < -0.4 is 4.90 Å². The molecule has 0 amide bonds. The van der Waals surface area contributed by atoms with E-state index in [1.165, 1.54) is 12.1 Å². The monoisotopic (exact) mass is 291 g/mol. The fourth-order valence-corrected chi connectivity index (χ4v) is 2.44. The quantitative estimate of drug-likeness (QED) is 0.865. The van der Waals surface area contributed by atoms with Gasteiger partial charge < -0.3 is 19.8 Å². The maximum Gasteiger partial charge on any atom is 0.223 e. The van der Waals surface area contributed by atoms with E-state index in [4.69, 9.17) is 5.11 Å². The zero-order valence-electron chi connectivity index (χ0n) is 11.7. The molecule has 0 unspecified atom stereocenters. The Morgan fingerprint density at radius 1 is 1.05 bits per heavy atom. The van der Waals surface area contributed by atoms with Crippen LogP contribution in [0.5, 0.6) is 0 Å². The molecule has 0 spiro atoms. The molecule has 0 radical (unpaired) electrons. The van der Waals surface area contributed by atoms with Crippen molar-refractivity contribution in [1.82, 2.24) is 9.80 Å². The number of benzene rings is 1. The number of nitrogens with zero attached hydrogens (tertiary/aromatic N) is 5. The van der Waals surface area contributed by atoms with Crippen LogP contribution in [0.1, 0.15) is 0 Å². The number of aliphatic hydroxyl groups is 1. The summed E-state index contributed by atoms with van der Waals surface area (Å²) in [7, 11) is 0. The molecule has 2 heterocycles. The molecule has 2 aliphatic rings. The zero-order valence-corrected chi connectivity index (χ0v) is 11.7. The minimum absolute atomic E-state index is 0.0708. The van der Waals surface area contributed by atoms with Gasteiger partial charge in [-0.15, -0.1) is 0 Å². The van der Waals surface area contributed by atoms with E-state index in [-0.39, 0.29) is 12.5 Å². The van der Waals surface area contributed by atoms with E-state index in [9.17, 15) is 4.39 Å². The lowest BCUT2D eigenvalue weighted by molar-refractivity contribution is 0.175. The van der Waals surface area contributed by atoms with Crippen LogP contribution in [0, 0.1) is 5.82 Å². The summed E-state index contributed by atoms with van der Waals surface area (Å²) in [6, 6.07) is 6.59. The van der Waals surface area contributed by atoms with Gasteiger partial charge in [-0.05, 0) is 24.3 Å². The van der Waals surface area contributed by atoms with Crippen LogP contribution in [0.4, 0.5) is 10.1 Å². The van der Waals surface area contributed by atoms with Crippen molar-refractivity contribution in [3.8, 4) is 0 Å². The Balaban J connectivity index is 1.57. The first-order valence-electron chi connectivity index (χ1n) is 6.95. The minimum Gasteiger partial charge on any atom is -0.376 e. The third-order valence-corrected chi connectivity index (χ3v) is 3.67. The Hall–Kier alpha value is -2.15. The average Bonchev–Trinajstić information content (AvgIpc) is 2.56. The predicted octanol–water partition coefficient (Wildman–Crippen LogP) is 0.555. The Labute approximate surface area is 122 Å². The van der Waals surface area contributed by atoms with Gasteiger partial charge in [0, 0.05) is 31.9 Å². The minimum atomic E-state index is -0.211. The Bertz CT molecular complexity index is 537. The molecule has 0 atom stereocenters. The number of anilines is 1. The summed E-state index contributed by atoms with van der Waals surface area (Å²) in [4.78, 5) is 14.6. The predicted molar refractivity (Wildman–Crippen MR) is 79.9 cm³/mol. The number of aliphatic imine (C=N–C) groups is 2. The zero-order chi connectivity index (χ0) is 14.7. The molecule has 0 aromatic heterocycles. The summed E-state index contributed by atoms with van der Waals surface area (Å²) in [5, 5.41) is 8.99. The molecule has 7 heteroatoms. The van der Waals surface area contributed by atoms with E-state index in [1.54, 1.807) is 23.4 Å². The van der Waals surface area contributed by atoms with Gasteiger partial charge in [0.15, 0.2) is 0 Å². The van der Waals surface area contributed by atoms with Gasteiger partial charge in [0.1, 0.15) is 19.2 Å². The van der Waals surface area contributed by atoms with Crippen molar-refractivity contribution in [3.05, 3.63) is 30.1 Å². The molecule has 1 fully saturated rings. The smallest absolute Gasteiger partial charge is 0.223 e. The third kappa shape index (κ3) is 3.13. The summed E-state index contributed by atoms with van der Waals surface area (Å²) in [5.41, 5.74) is 1.04. The highest BCUT2D eigenvalue weighted by Gasteiger charge is 2.21. The number of halogens is 1. The number of piperazine rings is 1. The maximum absolute atomic E-state index is 12.9. The van der Waals surface area contributed by atoms with E-state index < -0.39 is 0 Å². The van der Waals surface area contributed by atoms with Crippen LogP contribution in [0.3, 0.4) is 0 Å². The second-order valence-corrected chi connectivity index (χ2v) is 5.02. The van der Waals surface area contributed by atoms with Gasteiger partial charge in [-0.25, -0.2) is 14.4 Å². The molecule has 2 aliphatic heterocycles. The van der Waals surface area contributed by atoms with Crippen LogP contribution in [-0.4, -0.2) is 66.8 Å². The fourth-order valence-electron chi connectivity index (χ4n) is 2.44. The summed E-state index contributed by atoms with van der Waals surface area (Å²) in [6.45, 7) is 3.72. The fraction of sp³-hybridized carbons (Fsp3) is 0.429. The van der Waals surface area contributed by atoms with E-state index in [1.807, 2.05) is 0 Å². The average molecular weight is 291 g/mol. The molecule has 3 rings (SSSR count). The second-order valence-electron chi connectivity index (χ2n) is 5.02. The molecule has 0 saturated carbocycles. The summed E-state index contributed by atoms with van der Waals surface area (Å²) in [5.74, 6) is 0.509. The van der Waals surface area contributed by atoms with Gasteiger partial charge in [-0.1, -0.05) is 0 Å². The summed E-state index contributed by atoms with van der Waals surface area (Å²) >= 11 is 0. The first-order valence-corrected chi connectivity index (χ1v) is 6.95. The Morgan fingerprint density at radius 2 is 1.71 bits per heavy atom. The van der Waals surface area contributed by atoms with Crippen molar-refractivity contribution in [1.29, 1.82) is 0 Å². The van der Waals surface area contributed by atoms with Crippen molar-refractivity contribution >= 4 is 18.0 Å². The second kappa shape index (κ2) is 6.09. The van der Waals surface area contributed by atoms with E-state index in [0.29, 0.717) is 6.67 Å². The van der Waals surface area contributed by atoms with Crippen molar-refractivity contribution in [2.45, 2.75) is 0 Å². The molecule has 112 valence electrons. The molecule has 1 N–H and O–H groups in total. The number of guanidine groups is 1.